The van der Waals surface area contributed by atoms with Crippen LogP contribution >= 0.6 is 11.3 Å². The van der Waals surface area contributed by atoms with Gasteiger partial charge in [0.05, 0.1) is 16.9 Å². The second-order valence-electron chi connectivity index (χ2n) is 8.47. The number of benzene rings is 1. The monoisotopic (exact) mass is 528 g/mol. The van der Waals surface area contributed by atoms with Crippen molar-refractivity contribution in [3.8, 4) is 10.4 Å². The highest BCUT2D eigenvalue weighted by molar-refractivity contribution is 7.17. The Bertz CT molecular complexity index is 1160. The Hall–Kier alpha value is -3.28. The number of hydrogen-bond acceptors (Lipinski definition) is 5. The number of carboxylic acids is 1. The number of rotatable bonds is 8. The maximum absolute atomic E-state index is 13.4. The van der Waals surface area contributed by atoms with Gasteiger partial charge in [-0.05, 0) is 55.5 Å². The van der Waals surface area contributed by atoms with Crippen LogP contribution in [-0.2, 0) is 20.6 Å². The summed E-state index contributed by atoms with van der Waals surface area (Å²) in [6, 6.07) is 3.79. The molecule has 1 aromatic carbocycles. The summed E-state index contributed by atoms with van der Waals surface area (Å²) in [5.74, 6) is -3.74. The van der Waals surface area contributed by atoms with Gasteiger partial charge in [0.15, 0.2) is 5.78 Å². The lowest BCUT2D eigenvalue weighted by Gasteiger charge is -2.35. The molecule has 2 atom stereocenters. The van der Waals surface area contributed by atoms with Gasteiger partial charge < -0.3 is 15.3 Å². The van der Waals surface area contributed by atoms with Crippen LogP contribution in [0.25, 0.3) is 10.4 Å². The number of aryl methyl sites for hydroxylation is 1. The van der Waals surface area contributed by atoms with Gasteiger partial charge in [-0.3, -0.25) is 19.2 Å². The summed E-state index contributed by atoms with van der Waals surface area (Å²) in [5.41, 5.74) is 0.00935. The Morgan fingerprint density at radius 2 is 1.92 bits per heavy atom. The van der Waals surface area contributed by atoms with Gasteiger partial charge in [0.2, 0.25) is 5.91 Å². The van der Waals surface area contributed by atoms with Gasteiger partial charge >= 0.3 is 12.1 Å². The minimum atomic E-state index is -4.52. The SMILES string of the molecule is Cc1cc(-c2cccc(C(F)(F)F)c2)sc1C(=O)N1CCCC[C@H]1C(=O)NC(CC(=O)O)C(=O)CF. The molecule has 3 rings (SSSR count). The summed E-state index contributed by atoms with van der Waals surface area (Å²) >= 11 is 1.01. The van der Waals surface area contributed by atoms with Gasteiger partial charge in [-0.15, -0.1) is 11.3 Å². The molecule has 36 heavy (non-hydrogen) atoms. The number of ketones is 1. The fourth-order valence-corrected chi connectivity index (χ4v) is 5.17. The molecular weight excluding hydrogens is 504 g/mol. The van der Waals surface area contributed by atoms with Crippen LogP contribution in [0, 0.1) is 6.92 Å². The molecule has 194 valence electrons. The summed E-state index contributed by atoms with van der Waals surface area (Å²) < 4.78 is 52.2. The third-order valence-electron chi connectivity index (χ3n) is 5.87. The van der Waals surface area contributed by atoms with Gasteiger partial charge in [0.25, 0.3) is 5.91 Å². The quantitative estimate of drug-likeness (QED) is 0.499. The number of amides is 2. The second kappa shape index (κ2) is 11.2. The number of alkyl halides is 4. The number of carbonyl (C=O) groups excluding carboxylic acids is 3. The Kier molecular flexibility index (Phi) is 8.49. The smallest absolute Gasteiger partial charge is 0.416 e. The summed E-state index contributed by atoms with van der Waals surface area (Å²) in [4.78, 5) is 51.2. The molecule has 1 aromatic heterocycles. The second-order valence-corrected chi connectivity index (χ2v) is 9.52. The molecule has 2 amide bonds. The minimum Gasteiger partial charge on any atom is -0.481 e. The van der Waals surface area contributed by atoms with Crippen LogP contribution in [0.5, 0.6) is 0 Å². The number of aliphatic carboxylic acids is 1. The zero-order chi connectivity index (χ0) is 26.6. The summed E-state index contributed by atoms with van der Waals surface area (Å²) in [6.07, 6.45) is -3.85. The van der Waals surface area contributed by atoms with E-state index in [2.05, 4.69) is 5.32 Å². The third kappa shape index (κ3) is 6.28. The molecule has 2 heterocycles. The molecule has 1 saturated heterocycles. The molecule has 12 heteroatoms. The predicted molar refractivity (Wildman–Crippen MR) is 123 cm³/mol. The van der Waals surface area contributed by atoms with E-state index in [-0.39, 0.29) is 17.8 Å². The number of halogens is 4. The van der Waals surface area contributed by atoms with E-state index in [4.69, 9.17) is 5.11 Å². The van der Waals surface area contributed by atoms with E-state index in [1.807, 2.05) is 0 Å². The van der Waals surface area contributed by atoms with Crippen molar-refractivity contribution in [1.29, 1.82) is 0 Å². The molecule has 2 N–H and O–H groups in total. The topological polar surface area (TPSA) is 104 Å². The van der Waals surface area contributed by atoms with Crippen molar-refractivity contribution in [2.75, 3.05) is 13.2 Å². The van der Waals surface area contributed by atoms with E-state index in [0.717, 1.165) is 23.5 Å². The van der Waals surface area contributed by atoms with Crippen LogP contribution in [0.4, 0.5) is 17.6 Å². The average molecular weight is 529 g/mol. The first-order chi connectivity index (χ1) is 16.9. The standard InChI is InChI=1S/C24H24F4N2O5S/c1-13-9-19(14-5-4-6-15(10-14)24(26,27)28)36-21(13)23(35)30-8-3-2-7-17(30)22(34)29-16(11-20(32)33)18(31)12-25/h4-6,9-10,16-17H,2-3,7-8,11-12H2,1H3,(H,29,34)(H,32,33)/t16?,17-/m0/s1. The predicted octanol–water partition coefficient (Wildman–Crippen LogP) is 4.24. The Morgan fingerprint density at radius 3 is 2.56 bits per heavy atom. The first kappa shape index (κ1) is 27.3. The number of carbonyl (C=O) groups is 4. The number of hydrogen-bond donors (Lipinski definition) is 2. The largest absolute Gasteiger partial charge is 0.481 e. The van der Waals surface area contributed by atoms with Crippen molar-refractivity contribution in [2.45, 2.75) is 50.9 Å². The van der Waals surface area contributed by atoms with Gasteiger partial charge in [0.1, 0.15) is 18.8 Å². The first-order valence-corrected chi connectivity index (χ1v) is 11.9. The van der Waals surface area contributed by atoms with Crippen LogP contribution in [-0.4, -0.2) is 58.9 Å². The Labute approximate surface area is 208 Å². The fourth-order valence-electron chi connectivity index (χ4n) is 4.04. The highest BCUT2D eigenvalue weighted by atomic mass is 32.1. The lowest BCUT2D eigenvalue weighted by atomic mass is 9.99. The fraction of sp³-hybridized carbons (Fsp3) is 0.417. The third-order valence-corrected chi connectivity index (χ3v) is 7.14. The maximum Gasteiger partial charge on any atom is 0.416 e. The number of likely N-dealkylation sites (tertiary alicyclic amines) is 1. The zero-order valence-electron chi connectivity index (χ0n) is 19.2. The molecule has 1 aliphatic heterocycles. The van der Waals surface area contributed by atoms with Crippen LogP contribution < -0.4 is 5.32 Å². The minimum absolute atomic E-state index is 0.216. The first-order valence-electron chi connectivity index (χ1n) is 11.1. The highest BCUT2D eigenvalue weighted by Gasteiger charge is 2.36. The van der Waals surface area contributed by atoms with E-state index in [0.29, 0.717) is 28.8 Å². The molecule has 0 saturated carbocycles. The van der Waals surface area contributed by atoms with E-state index in [1.165, 1.54) is 17.0 Å². The molecule has 0 radical (unpaired) electrons. The van der Waals surface area contributed by atoms with E-state index in [9.17, 15) is 36.7 Å². The summed E-state index contributed by atoms with van der Waals surface area (Å²) in [7, 11) is 0. The molecule has 7 nitrogen and oxygen atoms in total. The van der Waals surface area contributed by atoms with Crippen LogP contribution in [0.3, 0.4) is 0 Å². The number of nitrogens with one attached hydrogen (secondary N) is 1. The number of Topliss-reactive ketones (excluding diaryl/α,β-unsaturated/α-hetero) is 1. The number of carboxylic acid groups (broad SMARTS) is 1. The van der Waals surface area contributed by atoms with Gasteiger partial charge in [0, 0.05) is 11.4 Å². The lowest BCUT2D eigenvalue weighted by Crippen LogP contribution is -2.55. The van der Waals surface area contributed by atoms with Crippen molar-refractivity contribution >= 4 is 34.9 Å². The van der Waals surface area contributed by atoms with Crippen molar-refractivity contribution in [1.82, 2.24) is 10.2 Å². The molecule has 2 aromatic rings. The average Bonchev–Trinajstić information content (AvgIpc) is 3.23. The maximum atomic E-state index is 13.4. The molecule has 0 bridgehead atoms. The van der Waals surface area contributed by atoms with E-state index < -0.39 is 60.5 Å². The van der Waals surface area contributed by atoms with Gasteiger partial charge in [-0.2, -0.15) is 13.2 Å². The number of nitrogens with zero attached hydrogens (tertiary/aromatic N) is 1. The Balaban J connectivity index is 1.85. The van der Waals surface area contributed by atoms with Crippen LogP contribution in [0.1, 0.15) is 46.5 Å². The Morgan fingerprint density at radius 1 is 1.19 bits per heavy atom. The molecule has 1 unspecified atom stereocenters. The van der Waals surface area contributed by atoms with E-state index in [1.54, 1.807) is 13.0 Å². The van der Waals surface area contributed by atoms with Gasteiger partial charge in [-0.1, -0.05) is 12.1 Å². The number of thiophene rings is 1. The van der Waals surface area contributed by atoms with Crippen molar-refractivity contribution in [2.24, 2.45) is 0 Å². The zero-order valence-corrected chi connectivity index (χ0v) is 20.0. The van der Waals surface area contributed by atoms with Crippen molar-refractivity contribution in [3.63, 3.8) is 0 Å². The van der Waals surface area contributed by atoms with Crippen LogP contribution in [0.15, 0.2) is 30.3 Å². The lowest BCUT2D eigenvalue weighted by molar-refractivity contribution is -0.141. The summed E-state index contributed by atoms with van der Waals surface area (Å²) in [5, 5.41) is 11.2. The highest BCUT2D eigenvalue weighted by Crippen LogP contribution is 2.36. The molecular formula is C24H24F4N2O5S. The molecule has 1 aliphatic rings. The van der Waals surface area contributed by atoms with Gasteiger partial charge in [-0.25, -0.2) is 4.39 Å². The van der Waals surface area contributed by atoms with Crippen molar-refractivity contribution < 1.29 is 41.8 Å². The molecule has 0 spiro atoms. The molecule has 0 aliphatic carbocycles. The normalized spacial score (nSPS) is 16.9. The number of piperidine rings is 1. The summed E-state index contributed by atoms with van der Waals surface area (Å²) in [6.45, 7) is 0.411. The van der Waals surface area contributed by atoms with Crippen LogP contribution in [0.2, 0.25) is 0 Å². The van der Waals surface area contributed by atoms with E-state index >= 15 is 0 Å². The van der Waals surface area contributed by atoms with Crippen molar-refractivity contribution in [3.05, 3.63) is 46.3 Å². The molecule has 1 fully saturated rings.